The van der Waals surface area contributed by atoms with Crippen LogP contribution in [0.2, 0.25) is 0 Å². The number of aliphatic hydroxyl groups excluding tert-OH is 1. The van der Waals surface area contributed by atoms with Crippen LogP contribution in [-0.2, 0) is 6.42 Å². The van der Waals surface area contributed by atoms with Crippen molar-refractivity contribution in [2.75, 3.05) is 0 Å². The standard InChI is InChI=1S/C12H14O2/c1-8(13)10-7-6-9-4-2-3-5-11(9)12(10)14/h2-5,8,10,13H,6-7H2,1H3. The van der Waals surface area contributed by atoms with Gasteiger partial charge in [-0.1, -0.05) is 24.3 Å². The number of carbonyl (C=O) groups excluding carboxylic acids is 1. The molecule has 1 aromatic carbocycles. The van der Waals surface area contributed by atoms with Crippen molar-refractivity contribution in [3.63, 3.8) is 0 Å². The van der Waals surface area contributed by atoms with Crippen molar-refractivity contribution < 1.29 is 9.90 Å². The Labute approximate surface area is 83.6 Å². The summed E-state index contributed by atoms with van der Waals surface area (Å²) >= 11 is 0. The number of fused-ring (bicyclic) bond motifs is 1. The molecule has 2 heteroatoms. The number of carbonyl (C=O) groups is 1. The Hall–Kier alpha value is -1.15. The van der Waals surface area contributed by atoms with E-state index in [1.165, 1.54) is 0 Å². The van der Waals surface area contributed by atoms with E-state index in [1.807, 2.05) is 24.3 Å². The van der Waals surface area contributed by atoms with Crippen LogP contribution in [-0.4, -0.2) is 17.0 Å². The molecule has 14 heavy (non-hydrogen) atoms. The average molecular weight is 190 g/mol. The smallest absolute Gasteiger partial charge is 0.168 e. The van der Waals surface area contributed by atoms with Crippen LogP contribution < -0.4 is 0 Å². The predicted octanol–water partition coefficient (Wildman–Crippen LogP) is 1.81. The minimum absolute atomic E-state index is 0.0989. The molecule has 0 heterocycles. The second kappa shape index (κ2) is 3.54. The molecule has 74 valence electrons. The molecule has 0 amide bonds. The Kier molecular flexibility index (Phi) is 2.38. The van der Waals surface area contributed by atoms with Crippen molar-refractivity contribution in [1.82, 2.24) is 0 Å². The third kappa shape index (κ3) is 1.46. The van der Waals surface area contributed by atoms with E-state index in [-0.39, 0.29) is 11.7 Å². The van der Waals surface area contributed by atoms with Gasteiger partial charge in [0.25, 0.3) is 0 Å². The lowest BCUT2D eigenvalue weighted by Crippen LogP contribution is -2.30. The van der Waals surface area contributed by atoms with Gasteiger partial charge in [0.15, 0.2) is 5.78 Å². The lowest BCUT2D eigenvalue weighted by Gasteiger charge is -2.25. The van der Waals surface area contributed by atoms with Crippen molar-refractivity contribution in [3.8, 4) is 0 Å². The van der Waals surface area contributed by atoms with Crippen molar-refractivity contribution in [1.29, 1.82) is 0 Å². The molecule has 0 spiro atoms. The van der Waals surface area contributed by atoms with Gasteiger partial charge in [0.05, 0.1) is 6.10 Å². The molecule has 2 atom stereocenters. The van der Waals surface area contributed by atoms with Gasteiger partial charge in [-0.25, -0.2) is 0 Å². The first-order chi connectivity index (χ1) is 6.70. The highest BCUT2D eigenvalue weighted by Crippen LogP contribution is 2.27. The SMILES string of the molecule is CC(O)C1CCc2ccccc2C1=O. The average Bonchev–Trinajstić information content (AvgIpc) is 2.18. The molecule has 1 aromatic rings. The number of aryl methyl sites for hydroxylation is 1. The van der Waals surface area contributed by atoms with Crippen LogP contribution in [0.25, 0.3) is 0 Å². The number of rotatable bonds is 1. The van der Waals surface area contributed by atoms with Crippen LogP contribution in [0, 0.1) is 5.92 Å². The summed E-state index contributed by atoms with van der Waals surface area (Å²) in [5.74, 6) is -0.105. The molecule has 0 radical (unpaired) electrons. The topological polar surface area (TPSA) is 37.3 Å². The van der Waals surface area contributed by atoms with Gasteiger partial charge in [0, 0.05) is 11.5 Å². The molecule has 2 nitrogen and oxygen atoms in total. The van der Waals surface area contributed by atoms with E-state index >= 15 is 0 Å². The molecule has 0 aromatic heterocycles. The second-order valence-corrected chi connectivity index (χ2v) is 3.91. The zero-order valence-electron chi connectivity index (χ0n) is 8.23. The highest BCUT2D eigenvalue weighted by molar-refractivity contribution is 6.00. The maximum absolute atomic E-state index is 11.9. The number of Topliss-reactive ketones (excluding diaryl/α,β-unsaturated/α-hetero) is 1. The Morgan fingerprint density at radius 1 is 1.43 bits per heavy atom. The monoisotopic (exact) mass is 190 g/mol. The summed E-state index contributed by atoms with van der Waals surface area (Å²) < 4.78 is 0. The van der Waals surface area contributed by atoms with Gasteiger partial charge in [-0.15, -0.1) is 0 Å². The fourth-order valence-electron chi connectivity index (χ4n) is 2.08. The summed E-state index contributed by atoms with van der Waals surface area (Å²) in [4.78, 5) is 11.9. The van der Waals surface area contributed by atoms with Gasteiger partial charge in [-0.3, -0.25) is 4.79 Å². The minimum Gasteiger partial charge on any atom is -0.393 e. The summed E-state index contributed by atoms with van der Waals surface area (Å²) in [6.45, 7) is 1.69. The molecule has 0 bridgehead atoms. The summed E-state index contributed by atoms with van der Waals surface area (Å²) in [5, 5.41) is 9.45. The first-order valence-corrected chi connectivity index (χ1v) is 5.00. The van der Waals surface area contributed by atoms with Crippen molar-refractivity contribution in [2.45, 2.75) is 25.9 Å². The lowest BCUT2D eigenvalue weighted by atomic mass is 9.80. The zero-order valence-corrected chi connectivity index (χ0v) is 8.23. The number of ketones is 1. The van der Waals surface area contributed by atoms with E-state index in [9.17, 15) is 9.90 Å². The summed E-state index contributed by atoms with van der Waals surface area (Å²) in [6, 6.07) is 7.67. The van der Waals surface area contributed by atoms with Crippen molar-refractivity contribution in [2.24, 2.45) is 5.92 Å². The Morgan fingerprint density at radius 2 is 2.14 bits per heavy atom. The number of benzene rings is 1. The summed E-state index contributed by atoms with van der Waals surface area (Å²) in [6.07, 6.45) is 1.14. The number of hydrogen-bond acceptors (Lipinski definition) is 2. The number of aliphatic hydroxyl groups is 1. The molecule has 2 rings (SSSR count). The molecule has 1 N–H and O–H groups in total. The fraction of sp³-hybridized carbons (Fsp3) is 0.417. The maximum atomic E-state index is 11.9. The largest absolute Gasteiger partial charge is 0.393 e. The van der Waals surface area contributed by atoms with Crippen LogP contribution in [0.5, 0.6) is 0 Å². The van der Waals surface area contributed by atoms with Gasteiger partial charge in [0.1, 0.15) is 0 Å². The first-order valence-electron chi connectivity index (χ1n) is 5.00. The van der Waals surface area contributed by atoms with Crippen molar-refractivity contribution >= 4 is 5.78 Å². The fourth-order valence-corrected chi connectivity index (χ4v) is 2.08. The number of hydrogen-bond donors (Lipinski definition) is 1. The first kappa shape index (κ1) is 9.41. The van der Waals surface area contributed by atoms with Crippen LogP contribution >= 0.6 is 0 Å². The molecule has 1 aliphatic carbocycles. The molecular weight excluding hydrogens is 176 g/mol. The molecule has 0 saturated heterocycles. The van der Waals surface area contributed by atoms with Gasteiger partial charge < -0.3 is 5.11 Å². The molecule has 1 aliphatic rings. The second-order valence-electron chi connectivity index (χ2n) is 3.91. The summed E-state index contributed by atoms with van der Waals surface area (Å²) in [7, 11) is 0. The van der Waals surface area contributed by atoms with Gasteiger partial charge in [-0.2, -0.15) is 0 Å². The van der Waals surface area contributed by atoms with E-state index in [4.69, 9.17) is 0 Å². The quantitative estimate of drug-likeness (QED) is 0.733. The minimum atomic E-state index is -0.532. The van der Waals surface area contributed by atoms with E-state index in [2.05, 4.69) is 0 Å². The van der Waals surface area contributed by atoms with E-state index < -0.39 is 6.10 Å². The third-order valence-electron chi connectivity index (χ3n) is 2.93. The lowest BCUT2D eigenvalue weighted by molar-refractivity contribution is 0.0691. The predicted molar refractivity (Wildman–Crippen MR) is 54.3 cm³/mol. The van der Waals surface area contributed by atoms with Gasteiger partial charge >= 0.3 is 0 Å². The Morgan fingerprint density at radius 3 is 2.86 bits per heavy atom. The maximum Gasteiger partial charge on any atom is 0.168 e. The Bertz CT molecular complexity index is 355. The van der Waals surface area contributed by atoms with E-state index in [1.54, 1.807) is 6.92 Å². The van der Waals surface area contributed by atoms with Crippen LogP contribution in [0.4, 0.5) is 0 Å². The zero-order chi connectivity index (χ0) is 10.1. The van der Waals surface area contributed by atoms with Gasteiger partial charge in [-0.05, 0) is 25.3 Å². The molecule has 0 saturated carbocycles. The molecule has 0 aliphatic heterocycles. The van der Waals surface area contributed by atoms with Crippen LogP contribution in [0.3, 0.4) is 0 Å². The van der Waals surface area contributed by atoms with Crippen LogP contribution in [0.15, 0.2) is 24.3 Å². The normalized spacial score (nSPS) is 23.0. The molecule has 0 fully saturated rings. The van der Waals surface area contributed by atoms with E-state index in [0.717, 1.165) is 24.0 Å². The van der Waals surface area contributed by atoms with Gasteiger partial charge in [0.2, 0.25) is 0 Å². The molecular formula is C12H14O2. The summed E-state index contributed by atoms with van der Waals surface area (Å²) in [5.41, 5.74) is 1.92. The third-order valence-corrected chi connectivity index (χ3v) is 2.93. The van der Waals surface area contributed by atoms with Crippen molar-refractivity contribution in [3.05, 3.63) is 35.4 Å². The van der Waals surface area contributed by atoms with Crippen LogP contribution in [0.1, 0.15) is 29.3 Å². The highest BCUT2D eigenvalue weighted by atomic mass is 16.3. The molecule has 2 unspecified atom stereocenters. The highest BCUT2D eigenvalue weighted by Gasteiger charge is 2.29. The van der Waals surface area contributed by atoms with E-state index in [0.29, 0.717) is 0 Å². The Balaban J connectivity index is 2.37.